The Morgan fingerprint density at radius 2 is 1.56 bits per heavy atom. The van der Waals surface area contributed by atoms with Crippen molar-refractivity contribution in [3.05, 3.63) is 77.9 Å². The maximum atomic E-state index is 12.6. The van der Waals surface area contributed by atoms with Crippen LogP contribution in [0.5, 0.6) is 0 Å². The summed E-state index contributed by atoms with van der Waals surface area (Å²) < 4.78 is 0. The molecule has 0 aliphatic carbocycles. The van der Waals surface area contributed by atoms with Gasteiger partial charge < -0.3 is 16.0 Å². The summed E-state index contributed by atoms with van der Waals surface area (Å²) in [6, 6.07) is 15.9. The van der Waals surface area contributed by atoms with E-state index in [9.17, 15) is 24.0 Å². The van der Waals surface area contributed by atoms with Gasteiger partial charge in [-0.15, -0.1) is 0 Å². The highest BCUT2D eigenvalue weighted by Gasteiger charge is 2.22. The molecule has 0 aromatic heterocycles. The Morgan fingerprint density at radius 3 is 2.22 bits per heavy atom. The largest absolute Gasteiger partial charge is 0.352 e. The average molecular weight is 491 g/mol. The van der Waals surface area contributed by atoms with Gasteiger partial charge in [0.25, 0.3) is 11.8 Å². The van der Waals surface area contributed by atoms with Crippen LogP contribution in [-0.2, 0) is 36.9 Å². The van der Waals surface area contributed by atoms with E-state index >= 15 is 0 Å². The van der Waals surface area contributed by atoms with Gasteiger partial charge in [0.1, 0.15) is 6.04 Å². The number of benzene rings is 2. The molecule has 9 nitrogen and oxygen atoms in total. The molecule has 1 atom stereocenters. The second-order valence-electron chi connectivity index (χ2n) is 8.46. The molecule has 1 heterocycles. The molecule has 1 aliphatic rings. The number of carbonyl (C=O) groups is 5. The van der Waals surface area contributed by atoms with Crippen LogP contribution in [-0.4, -0.2) is 47.5 Å². The maximum absolute atomic E-state index is 12.6. The Bertz CT molecular complexity index is 1080. The summed E-state index contributed by atoms with van der Waals surface area (Å²) in [6.45, 7) is 0.728. The van der Waals surface area contributed by atoms with Gasteiger partial charge >= 0.3 is 0 Å². The molecular weight excluding hydrogens is 460 g/mol. The molecule has 5 amide bonds. The highest BCUT2D eigenvalue weighted by atomic mass is 16.2. The fraction of sp³-hybridized carbons (Fsp3) is 0.296. The first kappa shape index (κ1) is 26.3. The number of rotatable bonds is 14. The minimum Gasteiger partial charge on any atom is -0.352 e. The third-order valence-corrected chi connectivity index (χ3v) is 5.77. The van der Waals surface area contributed by atoms with Gasteiger partial charge in [-0.1, -0.05) is 48.9 Å². The molecule has 0 unspecified atom stereocenters. The Morgan fingerprint density at radius 1 is 0.861 bits per heavy atom. The van der Waals surface area contributed by atoms with Crippen molar-refractivity contribution in [2.45, 2.75) is 44.7 Å². The fourth-order valence-electron chi connectivity index (χ4n) is 3.77. The predicted octanol–water partition coefficient (Wildman–Crippen LogP) is 2.08. The summed E-state index contributed by atoms with van der Waals surface area (Å²) in [5.41, 5.74) is 2.41. The molecule has 1 aliphatic heterocycles. The van der Waals surface area contributed by atoms with E-state index in [4.69, 9.17) is 0 Å². The average Bonchev–Trinajstić information content (AvgIpc) is 3.20. The topological polar surface area (TPSA) is 125 Å². The second-order valence-corrected chi connectivity index (χ2v) is 8.46. The van der Waals surface area contributed by atoms with E-state index in [-0.39, 0.29) is 23.6 Å². The smallest absolute Gasteiger partial charge is 0.253 e. The van der Waals surface area contributed by atoms with Crippen molar-refractivity contribution in [3.63, 3.8) is 0 Å². The van der Waals surface area contributed by atoms with Crippen LogP contribution in [0.3, 0.4) is 0 Å². The molecule has 36 heavy (non-hydrogen) atoms. The molecule has 3 N–H and O–H groups in total. The van der Waals surface area contributed by atoms with Gasteiger partial charge in [0.05, 0.1) is 0 Å². The first-order chi connectivity index (χ1) is 17.5. The molecule has 9 heteroatoms. The summed E-state index contributed by atoms with van der Waals surface area (Å²) >= 11 is 0. The van der Waals surface area contributed by atoms with E-state index in [1.54, 1.807) is 12.1 Å². The molecule has 0 bridgehead atoms. The van der Waals surface area contributed by atoms with Crippen molar-refractivity contribution in [3.8, 4) is 0 Å². The lowest BCUT2D eigenvalue weighted by molar-refractivity contribution is -0.137. The maximum Gasteiger partial charge on any atom is 0.253 e. The first-order valence-electron chi connectivity index (χ1n) is 11.9. The van der Waals surface area contributed by atoms with E-state index in [0.717, 1.165) is 17.5 Å². The van der Waals surface area contributed by atoms with Gasteiger partial charge in [0.15, 0.2) is 0 Å². The third-order valence-electron chi connectivity index (χ3n) is 5.77. The first-order valence-corrected chi connectivity index (χ1v) is 11.9. The molecule has 0 radical (unpaired) electrons. The fourth-order valence-corrected chi connectivity index (χ4v) is 3.77. The number of imide groups is 1. The van der Waals surface area contributed by atoms with Crippen LogP contribution < -0.4 is 16.0 Å². The number of hydrogen-bond acceptors (Lipinski definition) is 5. The Hall–Kier alpha value is -4.27. The standard InChI is InChI=1S/C27H30N4O5/c32-19-29-23(17-20-7-3-1-4-8-20)27(36)30-22-12-10-21(11-13-22)18-28-24(33)9-5-2-6-16-31-25(34)14-15-26(31)35/h1,3-4,7-8,10-15,19,23H,2,5-6,9,16-18H2,(H,28,33)(H,29,32)(H,30,36)/t23-/m0/s1. The quantitative estimate of drug-likeness (QED) is 0.212. The number of hydrogen-bond donors (Lipinski definition) is 3. The molecule has 2 aromatic rings. The number of unbranched alkanes of at least 4 members (excludes halogenated alkanes) is 2. The number of amides is 5. The van der Waals surface area contributed by atoms with Crippen LogP contribution in [0.1, 0.15) is 36.8 Å². The zero-order valence-corrected chi connectivity index (χ0v) is 19.9. The Kier molecular flexibility index (Phi) is 9.93. The molecule has 3 rings (SSSR count). The van der Waals surface area contributed by atoms with E-state index in [0.29, 0.717) is 50.9 Å². The molecule has 0 spiro atoms. The monoisotopic (exact) mass is 490 g/mol. The van der Waals surface area contributed by atoms with Gasteiger partial charge in [0, 0.05) is 43.8 Å². The number of anilines is 1. The van der Waals surface area contributed by atoms with E-state index in [2.05, 4.69) is 16.0 Å². The van der Waals surface area contributed by atoms with Crippen LogP contribution in [0.25, 0.3) is 0 Å². The van der Waals surface area contributed by atoms with Gasteiger partial charge in [0.2, 0.25) is 18.2 Å². The van der Waals surface area contributed by atoms with Gasteiger partial charge in [-0.05, 0) is 36.1 Å². The molecular formula is C27H30N4O5. The summed E-state index contributed by atoms with van der Waals surface area (Å²) in [6.07, 6.45) is 5.86. The number of carbonyl (C=O) groups excluding carboxylic acids is 5. The van der Waals surface area contributed by atoms with E-state index in [1.807, 2.05) is 42.5 Å². The molecule has 188 valence electrons. The van der Waals surface area contributed by atoms with Crippen molar-refractivity contribution in [2.75, 3.05) is 11.9 Å². The van der Waals surface area contributed by atoms with Gasteiger partial charge in [-0.3, -0.25) is 28.9 Å². The summed E-state index contributed by atoms with van der Waals surface area (Å²) in [4.78, 5) is 59.9. The molecule has 0 saturated carbocycles. The summed E-state index contributed by atoms with van der Waals surface area (Å²) in [5.74, 6) is -0.964. The summed E-state index contributed by atoms with van der Waals surface area (Å²) in [5, 5.41) is 8.23. The van der Waals surface area contributed by atoms with Crippen LogP contribution in [0.15, 0.2) is 66.7 Å². The van der Waals surface area contributed by atoms with Crippen molar-refractivity contribution >= 4 is 35.7 Å². The van der Waals surface area contributed by atoms with Crippen LogP contribution in [0, 0.1) is 0 Å². The Labute approximate surface area is 209 Å². The van der Waals surface area contributed by atoms with Crippen molar-refractivity contribution in [1.82, 2.24) is 15.5 Å². The molecule has 0 saturated heterocycles. The van der Waals surface area contributed by atoms with Gasteiger partial charge in [-0.25, -0.2) is 0 Å². The highest BCUT2D eigenvalue weighted by Crippen LogP contribution is 2.12. The minimum absolute atomic E-state index is 0.0777. The van der Waals surface area contributed by atoms with Crippen molar-refractivity contribution < 1.29 is 24.0 Å². The molecule has 2 aromatic carbocycles. The lowest BCUT2D eigenvalue weighted by Crippen LogP contribution is -2.41. The minimum atomic E-state index is -0.697. The zero-order valence-electron chi connectivity index (χ0n) is 19.9. The number of nitrogens with zero attached hydrogens (tertiary/aromatic N) is 1. The normalized spacial score (nSPS) is 13.4. The van der Waals surface area contributed by atoms with Crippen molar-refractivity contribution in [2.24, 2.45) is 0 Å². The lowest BCUT2D eigenvalue weighted by Gasteiger charge is -2.16. The van der Waals surface area contributed by atoms with Crippen LogP contribution in [0.4, 0.5) is 5.69 Å². The zero-order chi connectivity index (χ0) is 25.8. The van der Waals surface area contributed by atoms with E-state index < -0.39 is 6.04 Å². The van der Waals surface area contributed by atoms with Gasteiger partial charge in [-0.2, -0.15) is 0 Å². The number of nitrogens with one attached hydrogen (secondary N) is 3. The SMILES string of the molecule is O=CN[C@@H](Cc1ccccc1)C(=O)Nc1ccc(CNC(=O)CCCCCN2C(=O)C=CC2=O)cc1. The lowest BCUT2D eigenvalue weighted by atomic mass is 10.1. The molecule has 0 fully saturated rings. The summed E-state index contributed by atoms with van der Waals surface area (Å²) in [7, 11) is 0. The highest BCUT2D eigenvalue weighted by molar-refractivity contribution is 6.12. The Balaban J connectivity index is 1.35. The predicted molar refractivity (Wildman–Crippen MR) is 134 cm³/mol. The second kappa shape index (κ2) is 13.6. The van der Waals surface area contributed by atoms with Crippen LogP contribution >= 0.6 is 0 Å². The van der Waals surface area contributed by atoms with Crippen LogP contribution in [0.2, 0.25) is 0 Å². The van der Waals surface area contributed by atoms with E-state index in [1.165, 1.54) is 17.1 Å². The van der Waals surface area contributed by atoms with Crippen molar-refractivity contribution in [1.29, 1.82) is 0 Å². The third kappa shape index (κ3) is 8.19.